The van der Waals surface area contributed by atoms with E-state index in [1.54, 1.807) is 63.6 Å². The molecule has 0 unspecified atom stereocenters. The first-order valence-electron chi connectivity index (χ1n) is 10.1. The molecule has 166 valence electrons. The van der Waals surface area contributed by atoms with Crippen molar-refractivity contribution in [2.75, 3.05) is 26.1 Å². The molecule has 7 nitrogen and oxygen atoms in total. The maximum absolute atomic E-state index is 12.8. The predicted octanol–water partition coefficient (Wildman–Crippen LogP) is 4.71. The van der Waals surface area contributed by atoms with Crippen LogP contribution in [0.5, 0.6) is 17.2 Å². The molecule has 0 aliphatic heterocycles. The van der Waals surface area contributed by atoms with Gasteiger partial charge in [0, 0.05) is 16.8 Å². The number of para-hydroxylation sites is 2. The molecule has 0 fully saturated rings. The highest BCUT2D eigenvalue weighted by molar-refractivity contribution is 6.04. The van der Waals surface area contributed by atoms with Gasteiger partial charge in [0.2, 0.25) is 0 Å². The van der Waals surface area contributed by atoms with E-state index in [-0.39, 0.29) is 12.5 Å². The van der Waals surface area contributed by atoms with Crippen LogP contribution >= 0.6 is 0 Å². The minimum absolute atomic E-state index is 0.193. The molecule has 32 heavy (non-hydrogen) atoms. The lowest BCUT2D eigenvalue weighted by Crippen LogP contribution is -2.13. The van der Waals surface area contributed by atoms with Crippen LogP contribution in [0.2, 0.25) is 0 Å². The van der Waals surface area contributed by atoms with Crippen molar-refractivity contribution in [1.82, 2.24) is 0 Å². The molecule has 0 aromatic heterocycles. The summed E-state index contributed by atoms with van der Waals surface area (Å²) in [6.45, 7) is 2.24. The number of methoxy groups -OCH3 is 2. The molecule has 0 bridgehead atoms. The van der Waals surface area contributed by atoms with E-state index in [1.807, 2.05) is 24.3 Å². The largest absolute Gasteiger partial charge is 0.496 e. The van der Waals surface area contributed by atoms with Crippen molar-refractivity contribution in [3.63, 3.8) is 0 Å². The fourth-order valence-electron chi connectivity index (χ4n) is 3.03. The maximum atomic E-state index is 12.8. The number of carbonyl (C=O) groups is 2. The van der Waals surface area contributed by atoms with Gasteiger partial charge in [0.1, 0.15) is 12.4 Å². The van der Waals surface area contributed by atoms with Crippen LogP contribution < -0.4 is 19.5 Å². The molecule has 0 atom stereocenters. The average molecular weight is 435 g/mol. The first-order valence-corrected chi connectivity index (χ1v) is 10.1. The molecule has 0 radical (unpaired) electrons. The molecule has 1 amide bonds. The van der Waals surface area contributed by atoms with E-state index in [1.165, 1.54) is 0 Å². The lowest BCUT2D eigenvalue weighted by molar-refractivity contribution is 0.0526. The van der Waals surface area contributed by atoms with Gasteiger partial charge < -0.3 is 24.3 Å². The number of benzene rings is 3. The molecule has 0 saturated carbocycles. The zero-order valence-corrected chi connectivity index (χ0v) is 18.2. The minimum Gasteiger partial charge on any atom is -0.496 e. The summed E-state index contributed by atoms with van der Waals surface area (Å²) in [5.74, 6) is 1.12. The normalized spacial score (nSPS) is 10.2. The van der Waals surface area contributed by atoms with Gasteiger partial charge in [0.15, 0.2) is 11.5 Å². The van der Waals surface area contributed by atoms with E-state index in [4.69, 9.17) is 18.9 Å². The van der Waals surface area contributed by atoms with Crippen molar-refractivity contribution in [2.24, 2.45) is 0 Å². The van der Waals surface area contributed by atoms with Crippen molar-refractivity contribution in [3.05, 3.63) is 83.4 Å². The molecular formula is C25H25NO6. The summed E-state index contributed by atoms with van der Waals surface area (Å²) < 4.78 is 21.6. The summed E-state index contributed by atoms with van der Waals surface area (Å²) in [7, 11) is 3.14. The van der Waals surface area contributed by atoms with Crippen molar-refractivity contribution in [1.29, 1.82) is 0 Å². The van der Waals surface area contributed by atoms with Crippen molar-refractivity contribution in [2.45, 2.75) is 13.5 Å². The van der Waals surface area contributed by atoms with E-state index in [9.17, 15) is 9.59 Å². The number of rotatable bonds is 9. The van der Waals surface area contributed by atoms with Crippen molar-refractivity contribution in [3.8, 4) is 17.2 Å². The van der Waals surface area contributed by atoms with Crippen LogP contribution in [-0.2, 0) is 11.3 Å². The standard InChI is InChI=1S/C25H25NO6/c1-4-31-25(28)17-9-12-20(13-10-17)26-24(27)18-11-14-21(29-2)19(15-18)16-32-23-8-6-5-7-22(23)30-3/h5-15H,4,16H2,1-3H3,(H,26,27). The molecule has 0 aliphatic carbocycles. The van der Waals surface area contributed by atoms with Gasteiger partial charge in [-0.1, -0.05) is 12.1 Å². The van der Waals surface area contributed by atoms with E-state index in [0.29, 0.717) is 46.2 Å². The van der Waals surface area contributed by atoms with Crippen LogP contribution in [0, 0.1) is 0 Å². The average Bonchev–Trinajstić information content (AvgIpc) is 2.83. The molecular weight excluding hydrogens is 410 g/mol. The number of hydrogen-bond acceptors (Lipinski definition) is 6. The van der Waals surface area contributed by atoms with Gasteiger partial charge in [0.25, 0.3) is 5.91 Å². The number of ether oxygens (including phenoxy) is 4. The first kappa shape index (κ1) is 22.7. The Labute approximate surface area is 186 Å². The molecule has 1 N–H and O–H groups in total. The SMILES string of the molecule is CCOC(=O)c1ccc(NC(=O)c2ccc(OC)c(COc3ccccc3OC)c2)cc1. The fraction of sp³-hybridized carbons (Fsp3) is 0.200. The van der Waals surface area contributed by atoms with E-state index >= 15 is 0 Å². The summed E-state index contributed by atoms with van der Waals surface area (Å²) in [5, 5.41) is 2.82. The quantitative estimate of drug-likeness (QED) is 0.490. The number of nitrogens with one attached hydrogen (secondary N) is 1. The van der Waals surface area contributed by atoms with Crippen LogP contribution in [0.25, 0.3) is 0 Å². The molecule has 0 heterocycles. The highest BCUT2D eigenvalue weighted by Gasteiger charge is 2.13. The van der Waals surface area contributed by atoms with Crippen LogP contribution in [0.15, 0.2) is 66.7 Å². The van der Waals surface area contributed by atoms with Gasteiger partial charge in [-0.25, -0.2) is 4.79 Å². The van der Waals surface area contributed by atoms with Crippen molar-refractivity contribution < 1.29 is 28.5 Å². The molecule has 3 aromatic rings. The highest BCUT2D eigenvalue weighted by Crippen LogP contribution is 2.28. The summed E-state index contributed by atoms with van der Waals surface area (Å²) in [6.07, 6.45) is 0. The molecule has 3 aromatic carbocycles. The summed E-state index contributed by atoms with van der Waals surface area (Å²) in [5.41, 5.74) is 2.14. The second kappa shape index (κ2) is 10.9. The number of hydrogen-bond donors (Lipinski definition) is 1. The number of anilines is 1. The fourth-order valence-corrected chi connectivity index (χ4v) is 3.03. The third-order valence-corrected chi connectivity index (χ3v) is 4.65. The third-order valence-electron chi connectivity index (χ3n) is 4.65. The molecule has 0 spiro atoms. The van der Waals surface area contributed by atoms with Gasteiger partial charge >= 0.3 is 5.97 Å². The van der Waals surface area contributed by atoms with Gasteiger partial charge in [-0.15, -0.1) is 0 Å². The Balaban J connectivity index is 1.72. The van der Waals surface area contributed by atoms with Gasteiger partial charge in [0.05, 0.1) is 26.4 Å². The summed E-state index contributed by atoms with van der Waals surface area (Å²) >= 11 is 0. The monoisotopic (exact) mass is 435 g/mol. The van der Waals surface area contributed by atoms with Crippen molar-refractivity contribution >= 4 is 17.6 Å². The van der Waals surface area contributed by atoms with Gasteiger partial charge in [-0.05, 0) is 61.5 Å². The lowest BCUT2D eigenvalue weighted by atomic mass is 10.1. The van der Waals surface area contributed by atoms with Crippen LogP contribution in [0.1, 0.15) is 33.2 Å². The molecule has 0 saturated heterocycles. The maximum Gasteiger partial charge on any atom is 0.338 e. The van der Waals surface area contributed by atoms with Gasteiger partial charge in [-0.3, -0.25) is 4.79 Å². The number of amides is 1. The second-order valence-corrected chi connectivity index (χ2v) is 6.72. The summed E-state index contributed by atoms with van der Waals surface area (Å²) in [4.78, 5) is 24.5. The Kier molecular flexibility index (Phi) is 7.70. The van der Waals surface area contributed by atoms with Crippen LogP contribution in [-0.4, -0.2) is 32.7 Å². The third kappa shape index (κ3) is 5.57. The predicted molar refractivity (Wildman–Crippen MR) is 121 cm³/mol. The van der Waals surface area contributed by atoms with Gasteiger partial charge in [-0.2, -0.15) is 0 Å². The zero-order valence-electron chi connectivity index (χ0n) is 18.2. The Morgan fingerprint density at radius 3 is 2.12 bits per heavy atom. The first-order chi connectivity index (χ1) is 15.5. The Morgan fingerprint density at radius 2 is 1.47 bits per heavy atom. The Bertz CT molecular complexity index is 1080. The molecule has 0 aliphatic rings. The van der Waals surface area contributed by atoms with E-state index in [0.717, 1.165) is 0 Å². The zero-order chi connectivity index (χ0) is 22.9. The molecule has 7 heteroatoms. The Morgan fingerprint density at radius 1 is 0.812 bits per heavy atom. The minimum atomic E-state index is -0.403. The second-order valence-electron chi connectivity index (χ2n) is 6.72. The molecule has 3 rings (SSSR count). The van der Waals surface area contributed by atoms with Crippen LogP contribution in [0.3, 0.4) is 0 Å². The topological polar surface area (TPSA) is 83.1 Å². The highest BCUT2D eigenvalue weighted by atomic mass is 16.5. The van der Waals surface area contributed by atoms with Crippen LogP contribution in [0.4, 0.5) is 5.69 Å². The smallest absolute Gasteiger partial charge is 0.338 e. The summed E-state index contributed by atoms with van der Waals surface area (Å²) in [6, 6.07) is 19.0. The van der Waals surface area contributed by atoms with E-state index < -0.39 is 5.97 Å². The van der Waals surface area contributed by atoms with E-state index in [2.05, 4.69) is 5.32 Å². The number of esters is 1. The lowest BCUT2D eigenvalue weighted by Gasteiger charge is -2.14. The number of carbonyl (C=O) groups excluding carboxylic acids is 2. The Hall–Kier alpha value is -4.00.